The van der Waals surface area contributed by atoms with Gasteiger partial charge in [-0.2, -0.15) is 0 Å². The van der Waals surface area contributed by atoms with Crippen LogP contribution in [0.2, 0.25) is 0 Å². The molecule has 2 aliphatic carbocycles. The van der Waals surface area contributed by atoms with Gasteiger partial charge in [0, 0.05) is 32.3 Å². The molecule has 0 spiro atoms. The Morgan fingerprint density at radius 1 is 1.16 bits per heavy atom. The molecule has 0 bridgehead atoms. The highest BCUT2D eigenvalue weighted by molar-refractivity contribution is 7.90. The molecule has 1 N–H and O–H groups in total. The molecule has 0 aromatic heterocycles. The molecule has 3 fully saturated rings. The first-order chi connectivity index (χ1) is 9.10. The van der Waals surface area contributed by atoms with Crippen molar-refractivity contribution in [3.63, 3.8) is 0 Å². The number of sulfonamides is 1. The lowest BCUT2D eigenvalue weighted by molar-refractivity contribution is 0.0990. The van der Waals surface area contributed by atoms with Gasteiger partial charge in [-0.3, -0.25) is 4.90 Å². The molecule has 19 heavy (non-hydrogen) atoms. The summed E-state index contributed by atoms with van der Waals surface area (Å²) in [6, 6.07) is 0.481. The maximum Gasteiger partial charge on any atom is 0.214 e. The van der Waals surface area contributed by atoms with Crippen molar-refractivity contribution >= 4 is 10.0 Å². The van der Waals surface area contributed by atoms with Gasteiger partial charge in [-0.1, -0.05) is 6.42 Å². The van der Waals surface area contributed by atoms with Crippen molar-refractivity contribution in [2.45, 2.75) is 62.0 Å². The molecular weight excluding hydrogens is 264 g/mol. The summed E-state index contributed by atoms with van der Waals surface area (Å²) in [6.07, 6.45) is 6.26. The Morgan fingerprint density at radius 2 is 1.95 bits per heavy atom. The molecule has 1 unspecified atom stereocenters. The van der Waals surface area contributed by atoms with Gasteiger partial charge in [-0.05, 0) is 32.1 Å². The molecule has 0 aromatic carbocycles. The SMILES string of the molecule is COC1CCN([C@H]2CCC[C@H]2NS(=O)(=O)C2CC2)C1. The minimum atomic E-state index is -3.06. The average molecular weight is 288 g/mol. The quantitative estimate of drug-likeness (QED) is 0.809. The monoisotopic (exact) mass is 288 g/mol. The predicted octanol–water partition coefficient (Wildman–Crippen LogP) is 0.710. The number of nitrogens with zero attached hydrogens (tertiary/aromatic N) is 1. The first kappa shape index (κ1) is 13.8. The molecule has 3 rings (SSSR count). The topological polar surface area (TPSA) is 58.6 Å². The van der Waals surface area contributed by atoms with Gasteiger partial charge in [0.05, 0.1) is 11.4 Å². The van der Waals surface area contributed by atoms with E-state index in [2.05, 4.69) is 9.62 Å². The Balaban J connectivity index is 1.62. The molecule has 2 saturated carbocycles. The zero-order valence-corrected chi connectivity index (χ0v) is 12.4. The fourth-order valence-corrected chi connectivity index (χ4v) is 5.09. The van der Waals surface area contributed by atoms with Gasteiger partial charge in [0.25, 0.3) is 0 Å². The maximum absolute atomic E-state index is 12.1. The largest absolute Gasteiger partial charge is 0.380 e. The minimum absolute atomic E-state index is 0.112. The van der Waals surface area contributed by atoms with Crippen LogP contribution in [0, 0.1) is 0 Å². The molecule has 0 radical (unpaired) electrons. The van der Waals surface area contributed by atoms with E-state index in [0.29, 0.717) is 12.1 Å². The number of nitrogens with one attached hydrogen (secondary N) is 1. The zero-order valence-electron chi connectivity index (χ0n) is 11.5. The van der Waals surface area contributed by atoms with Gasteiger partial charge >= 0.3 is 0 Å². The van der Waals surface area contributed by atoms with Crippen LogP contribution in [0.15, 0.2) is 0 Å². The van der Waals surface area contributed by atoms with Crippen molar-refractivity contribution in [2.75, 3.05) is 20.2 Å². The van der Waals surface area contributed by atoms with Crippen molar-refractivity contribution in [1.82, 2.24) is 9.62 Å². The average Bonchev–Trinajstić information content (AvgIpc) is 2.98. The third-order valence-corrected chi connectivity index (χ3v) is 6.72. The number of hydrogen-bond acceptors (Lipinski definition) is 4. The number of ether oxygens (including phenoxy) is 1. The Bertz CT molecular complexity index is 422. The van der Waals surface area contributed by atoms with Crippen molar-refractivity contribution in [2.24, 2.45) is 0 Å². The summed E-state index contributed by atoms with van der Waals surface area (Å²) in [5.74, 6) is 0. The van der Waals surface area contributed by atoms with Crippen LogP contribution in [-0.2, 0) is 14.8 Å². The molecule has 0 aromatic rings. The lowest BCUT2D eigenvalue weighted by Crippen LogP contribution is -2.48. The fraction of sp³-hybridized carbons (Fsp3) is 1.00. The Labute approximate surface area is 115 Å². The second-order valence-corrected chi connectivity index (χ2v) is 8.10. The van der Waals surface area contributed by atoms with Crippen molar-refractivity contribution in [3.05, 3.63) is 0 Å². The fourth-order valence-electron chi connectivity index (χ4n) is 3.45. The number of rotatable bonds is 5. The van der Waals surface area contributed by atoms with E-state index in [-0.39, 0.29) is 11.3 Å². The van der Waals surface area contributed by atoms with Crippen LogP contribution >= 0.6 is 0 Å². The smallest absolute Gasteiger partial charge is 0.214 e. The van der Waals surface area contributed by atoms with E-state index >= 15 is 0 Å². The van der Waals surface area contributed by atoms with Crippen molar-refractivity contribution < 1.29 is 13.2 Å². The van der Waals surface area contributed by atoms with Gasteiger partial charge in [-0.15, -0.1) is 0 Å². The van der Waals surface area contributed by atoms with Gasteiger partial charge in [0.15, 0.2) is 0 Å². The van der Waals surface area contributed by atoms with E-state index in [1.807, 2.05) is 0 Å². The van der Waals surface area contributed by atoms with Crippen LogP contribution < -0.4 is 4.72 Å². The third kappa shape index (κ3) is 2.96. The summed E-state index contributed by atoms with van der Waals surface area (Å²) in [5, 5.41) is -0.112. The summed E-state index contributed by atoms with van der Waals surface area (Å²) in [7, 11) is -1.30. The number of methoxy groups -OCH3 is 1. The van der Waals surface area contributed by atoms with E-state index in [9.17, 15) is 8.42 Å². The van der Waals surface area contributed by atoms with Crippen LogP contribution in [0.3, 0.4) is 0 Å². The van der Waals surface area contributed by atoms with Crippen LogP contribution in [0.1, 0.15) is 38.5 Å². The van der Waals surface area contributed by atoms with Gasteiger partial charge in [0.2, 0.25) is 10.0 Å². The molecular formula is C13H24N2O3S. The number of likely N-dealkylation sites (tertiary alicyclic amines) is 1. The van der Waals surface area contributed by atoms with Crippen LogP contribution in [0.5, 0.6) is 0 Å². The summed E-state index contributed by atoms with van der Waals surface area (Å²) in [6.45, 7) is 1.98. The molecule has 1 aliphatic heterocycles. The zero-order chi connectivity index (χ0) is 13.5. The predicted molar refractivity (Wildman–Crippen MR) is 73.5 cm³/mol. The maximum atomic E-state index is 12.1. The highest BCUT2D eigenvalue weighted by Gasteiger charge is 2.42. The molecule has 6 heteroatoms. The van der Waals surface area contributed by atoms with Crippen LogP contribution in [0.4, 0.5) is 0 Å². The summed E-state index contributed by atoms with van der Waals surface area (Å²) >= 11 is 0. The van der Waals surface area contributed by atoms with E-state index in [0.717, 1.165) is 51.6 Å². The van der Waals surface area contributed by atoms with Gasteiger partial charge < -0.3 is 4.74 Å². The standard InChI is InChI=1S/C13H24N2O3S/c1-18-10-7-8-15(9-10)13-4-2-3-12(13)14-19(16,17)11-5-6-11/h10-14H,2-9H2,1H3/t10?,12-,13+/m1/s1. The summed E-state index contributed by atoms with van der Waals surface area (Å²) in [5.41, 5.74) is 0. The van der Waals surface area contributed by atoms with E-state index in [4.69, 9.17) is 4.74 Å². The second-order valence-electron chi connectivity index (χ2n) is 6.11. The van der Waals surface area contributed by atoms with E-state index in [1.54, 1.807) is 7.11 Å². The first-order valence-corrected chi connectivity index (χ1v) is 8.93. The molecule has 5 nitrogen and oxygen atoms in total. The molecule has 110 valence electrons. The van der Waals surface area contributed by atoms with Gasteiger partial charge in [0.1, 0.15) is 0 Å². The van der Waals surface area contributed by atoms with E-state index < -0.39 is 10.0 Å². The lowest BCUT2D eigenvalue weighted by Gasteiger charge is -2.29. The molecule has 3 aliphatic rings. The normalized spacial score (nSPS) is 37.0. The molecule has 1 heterocycles. The van der Waals surface area contributed by atoms with Crippen LogP contribution in [-0.4, -0.2) is 57.0 Å². The Morgan fingerprint density at radius 3 is 2.58 bits per heavy atom. The molecule has 3 atom stereocenters. The minimum Gasteiger partial charge on any atom is -0.380 e. The summed E-state index contributed by atoms with van der Waals surface area (Å²) in [4.78, 5) is 2.42. The van der Waals surface area contributed by atoms with Crippen molar-refractivity contribution in [1.29, 1.82) is 0 Å². The third-order valence-electron chi connectivity index (χ3n) is 4.74. The first-order valence-electron chi connectivity index (χ1n) is 7.38. The van der Waals surface area contributed by atoms with E-state index in [1.165, 1.54) is 0 Å². The number of hydrogen-bond donors (Lipinski definition) is 1. The van der Waals surface area contributed by atoms with Crippen LogP contribution in [0.25, 0.3) is 0 Å². The lowest BCUT2D eigenvalue weighted by atomic mass is 10.1. The Kier molecular flexibility index (Phi) is 3.86. The highest BCUT2D eigenvalue weighted by atomic mass is 32.2. The van der Waals surface area contributed by atoms with Crippen molar-refractivity contribution in [3.8, 4) is 0 Å². The second kappa shape index (κ2) is 5.31. The molecule has 1 saturated heterocycles. The summed E-state index contributed by atoms with van der Waals surface area (Å²) < 4.78 is 32.5. The highest BCUT2D eigenvalue weighted by Crippen LogP contribution is 2.32. The molecule has 0 amide bonds. The van der Waals surface area contributed by atoms with Gasteiger partial charge in [-0.25, -0.2) is 13.1 Å². The Hall–Kier alpha value is -0.170.